The van der Waals surface area contributed by atoms with Gasteiger partial charge in [0.15, 0.2) is 0 Å². The maximum Gasteiger partial charge on any atom is 0.142 e. The van der Waals surface area contributed by atoms with Crippen molar-refractivity contribution in [1.82, 2.24) is 5.32 Å². The maximum absolute atomic E-state index is 12.9. The number of hydrogen-bond donors (Lipinski definition) is 1. The van der Waals surface area contributed by atoms with Crippen molar-refractivity contribution in [2.24, 2.45) is 11.8 Å². The molecule has 0 radical (unpaired) electrons. The lowest BCUT2D eigenvalue weighted by molar-refractivity contribution is -0.128. The van der Waals surface area contributed by atoms with Gasteiger partial charge in [0.2, 0.25) is 0 Å². The monoisotopic (exact) mass is 435 g/mol. The summed E-state index contributed by atoms with van der Waals surface area (Å²) < 4.78 is 2.17. The minimum atomic E-state index is 0.0509. The van der Waals surface area contributed by atoms with Crippen LogP contribution in [0.5, 0.6) is 0 Å². The van der Waals surface area contributed by atoms with Gasteiger partial charge in [-0.25, -0.2) is 0 Å². The highest BCUT2D eigenvalue weighted by molar-refractivity contribution is 9.10. The summed E-state index contributed by atoms with van der Waals surface area (Å²) in [6.07, 6.45) is 1.58. The first-order valence-electron chi connectivity index (χ1n) is 7.86. The molecule has 2 nitrogen and oxygen atoms in total. The fourth-order valence-corrected chi connectivity index (χ4v) is 4.06. The summed E-state index contributed by atoms with van der Waals surface area (Å²) in [5.41, 5.74) is 2.41. The van der Waals surface area contributed by atoms with E-state index in [1.165, 1.54) is 11.1 Å². The quantitative estimate of drug-likeness (QED) is 0.769. The molecule has 2 aromatic rings. The van der Waals surface area contributed by atoms with Gasteiger partial charge in [-0.3, -0.25) is 4.79 Å². The van der Waals surface area contributed by atoms with Gasteiger partial charge >= 0.3 is 0 Å². The van der Waals surface area contributed by atoms with Crippen LogP contribution >= 0.6 is 31.9 Å². The molecule has 0 saturated carbocycles. The van der Waals surface area contributed by atoms with Crippen molar-refractivity contribution in [3.05, 3.63) is 68.6 Å². The molecule has 2 aromatic carbocycles. The van der Waals surface area contributed by atoms with Crippen LogP contribution in [-0.2, 0) is 17.6 Å². The lowest BCUT2D eigenvalue weighted by Crippen LogP contribution is -2.45. The highest BCUT2D eigenvalue weighted by Crippen LogP contribution is 2.26. The minimum Gasteiger partial charge on any atom is -0.315 e. The van der Waals surface area contributed by atoms with E-state index < -0.39 is 0 Å². The van der Waals surface area contributed by atoms with Gasteiger partial charge in [0, 0.05) is 33.9 Å². The Morgan fingerprint density at radius 1 is 0.826 bits per heavy atom. The second-order valence-electron chi connectivity index (χ2n) is 6.05. The third-order valence-electron chi connectivity index (χ3n) is 4.43. The van der Waals surface area contributed by atoms with Crippen LogP contribution in [0.15, 0.2) is 57.5 Å². The number of halogens is 2. The van der Waals surface area contributed by atoms with E-state index in [-0.39, 0.29) is 11.8 Å². The Balaban J connectivity index is 1.71. The predicted molar refractivity (Wildman–Crippen MR) is 101 cm³/mol. The average molecular weight is 437 g/mol. The number of carbonyl (C=O) groups is 1. The van der Waals surface area contributed by atoms with E-state index >= 15 is 0 Å². The van der Waals surface area contributed by atoms with Crippen molar-refractivity contribution in [1.29, 1.82) is 0 Å². The van der Waals surface area contributed by atoms with E-state index in [1.54, 1.807) is 0 Å². The lowest BCUT2D eigenvalue weighted by atomic mass is 9.82. The first-order chi connectivity index (χ1) is 11.1. The average Bonchev–Trinajstić information content (AvgIpc) is 2.55. The van der Waals surface area contributed by atoms with Crippen molar-refractivity contribution < 1.29 is 4.79 Å². The molecule has 0 bridgehead atoms. The van der Waals surface area contributed by atoms with Crippen LogP contribution < -0.4 is 5.32 Å². The minimum absolute atomic E-state index is 0.0509. The normalized spacial score (nSPS) is 21.4. The Morgan fingerprint density at radius 2 is 1.26 bits per heavy atom. The Labute approximate surface area is 153 Å². The first kappa shape index (κ1) is 16.9. The summed E-state index contributed by atoms with van der Waals surface area (Å²) >= 11 is 7.17. The standard InChI is InChI=1S/C19H19Br2NO/c20-17-7-3-1-5-13(17)9-15-11-22-12-16(19(15)23)10-14-6-2-4-8-18(14)21/h1-8,15-16,22H,9-12H2. The second-order valence-corrected chi connectivity index (χ2v) is 7.75. The smallest absolute Gasteiger partial charge is 0.142 e. The van der Waals surface area contributed by atoms with Crippen molar-refractivity contribution in [2.75, 3.05) is 13.1 Å². The highest BCUT2D eigenvalue weighted by Gasteiger charge is 2.31. The van der Waals surface area contributed by atoms with Gasteiger partial charge in [0.05, 0.1) is 0 Å². The molecule has 120 valence electrons. The molecule has 1 heterocycles. The van der Waals surface area contributed by atoms with Crippen molar-refractivity contribution in [2.45, 2.75) is 12.8 Å². The zero-order valence-electron chi connectivity index (χ0n) is 12.8. The Morgan fingerprint density at radius 3 is 1.70 bits per heavy atom. The number of rotatable bonds is 4. The van der Waals surface area contributed by atoms with Crippen LogP contribution in [0, 0.1) is 11.8 Å². The molecule has 0 spiro atoms. The largest absolute Gasteiger partial charge is 0.315 e. The summed E-state index contributed by atoms with van der Waals surface area (Å²) in [5, 5.41) is 3.44. The molecule has 1 aliphatic rings. The van der Waals surface area contributed by atoms with E-state index in [2.05, 4.69) is 49.3 Å². The van der Waals surface area contributed by atoms with Crippen molar-refractivity contribution in [3.63, 3.8) is 0 Å². The molecular weight excluding hydrogens is 418 g/mol. The summed E-state index contributed by atoms with van der Waals surface area (Å²) in [5.74, 6) is 0.486. The number of carbonyl (C=O) groups excluding carboxylic acids is 1. The Kier molecular flexibility index (Phi) is 5.67. The maximum atomic E-state index is 12.9. The summed E-state index contributed by atoms with van der Waals surface area (Å²) in [6.45, 7) is 1.54. The molecule has 4 heteroatoms. The molecule has 23 heavy (non-hydrogen) atoms. The molecule has 1 N–H and O–H groups in total. The van der Waals surface area contributed by atoms with Crippen molar-refractivity contribution >= 4 is 37.6 Å². The number of benzene rings is 2. The third-order valence-corrected chi connectivity index (χ3v) is 5.98. The van der Waals surface area contributed by atoms with Gasteiger partial charge in [-0.05, 0) is 36.1 Å². The summed E-state index contributed by atoms with van der Waals surface area (Å²) in [6, 6.07) is 16.3. The molecule has 3 rings (SSSR count). The number of piperidine rings is 1. The zero-order valence-corrected chi connectivity index (χ0v) is 15.9. The number of hydrogen-bond acceptors (Lipinski definition) is 2. The van der Waals surface area contributed by atoms with Gasteiger partial charge in [0.25, 0.3) is 0 Å². The lowest BCUT2D eigenvalue weighted by Gasteiger charge is -2.29. The molecule has 1 fully saturated rings. The highest BCUT2D eigenvalue weighted by atomic mass is 79.9. The fraction of sp³-hybridized carbons (Fsp3) is 0.316. The van der Waals surface area contributed by atoms with E-state index in [0.717, 1.165) is 34.9 Å². The molecular formula is C19H19Br2NO. The van der Waals surface area contributed by atoms with Gasteiger partial charge in [-0.15, -0.1) is 0 Å². The van der Waals surface area contributed by atoms with E-state index in [9.17, 15) is 4.79 Å². The molecule has 2 unspecified atom stereocenters. The number of ketones is 1. The fourth-order valence-electron chi connectivity index (χ4n) is 3.17. The van der Waals surface area contributed by atoms with Crippen LogP contribution in [0.3, 0.4) is 0 Å². The molecule has 0 aromatic heterocycles. The molecule has 1 saturated heterocycles. The SMILES string of the molecule is O=C1C(Cc2ccccc2Br)CNCC1Cc1ccccc1Br. The topological polar surface area (TPSA) is 29.1 Å². The molecule has 0 amide bonds. The second kappa shape index (κ2) is 7.73. The zero-order chi connectivity index (χ0) is 16.2. The summed E-state index contributed by atoms with van der Waals surface area (Å²) in [4.78, 5) is 12.9. The van der Waals surface area contributed by atoms with E-state index in [4.69, 9.17) is 0 Å². The molecule has 2 atom stereocenters. The number of Topliss-reactive ketones (excluding diaryl/α,β-unsaturated/α-hetero) is 1. The predicted octanol–water partition coefficient (Wildman–Crippen LogP) is 4.40. The molecule has 1 aliphatic heterocycles. The third kappa shape index (κ3) is 4.11. The van der Waals surface area contributed by atoms with Gasteiger partial charge in [-0.2, -0.15) is 0 Å². The Hall–Kier alpha value is -0.970. The van der Waals surface area contributed by atoms with Crippen LogP contribution in [0.1, 0.15) is 11.1 Å². The van der Waals surface area contributed by atoms with Gasteiger partial charge in [-0.1, -0.05) is 68.3 Å². The van der Waals surface area contributed by atoms with Crippen LogP contribution in [0.4, 0.5) is 0 Å². The Bertz CT molecular complexity index is 644. The van der Waals surface area contributed by atoms with Crippen molar-refractivity contribution in [3.8, 4) is 0 Å². The number of nitrogens with one attached hydrogen (secondary N) is 1. The van der Waals surface area contributed by atoms with Gasteiger partial charge < -0.3 is 5.32 Å². The summed E-state index contributed by atoms with van der Waals surface area (Å²) in [7, 11) is 0. The first-order valence-corrected chi connectivity index (χ1v) is 9.45. The van der Waals surface area contributed by atoms with E-state index in [1.807, 2.05) is 36.4 Å². The molecule has 0 aliphatic carbocycles. The van der Waals surface area contributed by atoms with Crippen LogP contribution in [0.2, 0.25) is 0 Å². The van der Waals surface area contributed by atoms with Crippen LogP contribution in [-0.4, -0.2) is 18.9 Å². The van der Waals surface area contributed by atoms with E-state index in [0.29, 0.717) is 5.78 Å². The van der Waals surface area contributed by atoms with Crippen LogP contribution in [0.25, 0.3) is 0 Å². The van der Waals surface area contributed by atoms with Gasteiger partial charge in [0.1, 0.15) is 5.78 Å².